The number of rotatable bonds is 6. The summed E-state index contributed by atoms with van der Waals surface area (Å²) in [6.45, 7) is 6.68. The lowest BCUT2D eigenvalue weighted by Gasteiger charge is -2.40. The Balaban J connectivity index is 2.14. The van der Waals surface area contributed by atoms with Crippen LogP contribution in [0.3, 0.4) is 0 Å². The van der Waals surface area contributed by atoms with Gasteiger partial charge in [-0.3, -0.25) is 15.0 Å². The quantitative estimate of drug-likeness (QED) is 0.610. The van der Waals surface area contributed by atoms with Crippen LogP contribution >= 0.6 is 0 Å². The topological polar surface area (TPSA) is 102 Å². The summed E-state index contributed by atoms with van der Waals surface area (Å²) >= 11 is 0. The minimum absolute atomic E-state index is 0.154. The molecule has 1 saturated heterocycles. The van der Waals surface area contributed by atoms with E-state index in [1.807, 2.05) is 13.8 Å². The van der Waals surface area contributed by atoms with E-state index in [0.29, 0.717) is 13.2 Å². The average molecular weight is 343 g/mol. The van der Waals surface area contributed by atoms with E-state index in [-0.39, 0.29) is 11.4 Å². The molecular weight excluding hydrogens is 322 g/mol. The molecule has 0 spiro atoms. The zero-order chi connectivity index (χ0) is 17.1. The first-order valence-electron chi connectivity index (χ1n) is 7.30. The van der Waals surface area contributed by atoms with Crippen molar-refractivity contribution in [3.05, 3.63) is 34.4 Å². The Kier molecular flexibility index (Phi) is 5.35. The number of nitro groups is 1. The molecule has 0 aliphatic carbocycles. The number of hydrogen-bond acceptors (Lipinski definition) is 6. The third kappa shape index (κ3) is 4.25. The van der Waals surface area contributed by atoms with E-state index >= 15 is 0 Å². The molecule has 128 valence electrons. The lowest BCUT2D eigenvalue weighted by molar-refractivity contribution is -0.387. The number of benzene rings is 1. The third-order valence-electron chi connectivity index (χ3n) is 3.91. The first-order valence-corrected chi connectivity index (χ1v) is 8.78. The van der Waals surface area contributed by atoms with Crippen LogP contribution in [0.5, 0.6) is 0 Å². The highest BCUT2D eigenvalue weighted by molar-refractivity contribution is 7.89. The van der Waals surface area contributed by atoms with Crippen molar-refractivity contribution in [3.63, 3.8) is 0 Å². The van der Waals surface area contributed by atoms with Crippen LogP contribution in [0, 0.1) is 10.1 Å². The molecule has 2 rings (SSSR count). The Labute approximate surface area is 135 Å². The van der Waals surface area contributed by atoms with E-state index in [2.05, 4.69) is 9.62 Å². The Hall–Kier alpha value is -1.55. The first-order chi connectivity index (χ1) is 10.7. The second-order valence-electron chi connectivity index (χ2n) is 5.96. The standard InChI is InChI=1S/C14H21N3O5S/c1-14(2,16-7-9-22-10-8-16)11-15-23(20,21)13-6-4-3-5-12(13)17(18)19/h3-6,15H,7-11H2,1-2H3. The maximum atomic E-state index is 12.4. The molecule has 0 amide bonds. The molecule has 0 bridgehead atoms. The van der Waals surface area contributed by atoms with Gasteiger partial charge in [0.15, 0.2) is 4.90 Å². The van der Waals surface area contributed by atoms with Gasteiger partial charge in [0.05, 0.1) is 18.1 Å². The van der Waals surface area contributed by atoms with Crippen LogP contribution in [-0.4, -0.2) is 56.6 Å². The smallest absolute Gasteiger partial charge is 0.289 e. The summed E-state index contributed by atoms with van der Waals surface area (Å²) in [5, 5.41) is 11.0. The molecule has 1 N–H and O–H groups in total. The predicted octanol–water partition coefficient (Wildman–Crippen LogP) is 0.984. The summed E-state index contributed by atoms with van der Waals surface area (Å²) in [4.78, 5) is 12.1. The number of ether oxygens (including phenoxy) is 1. The van der Waals surface area contributed by atoms with Gasteiger partial charge in [-0.05, 0) is 19.9 Å². The Bertz CT molecular complexity index is 669. The maximum Gasteiger partial charge on any atom is 0.289 e. The highest BCUT2D eigenvalue weighted by Gasteiger charge is 2.32. The van der Waals surface area contributed by atoms with E-state index in [1.54, 1.807) is 0 Å². The van der Waals surface area contributed by atoms with Gasteiger partial charge in [-0.25, -0.2) is 13.1 Å². The highest BCUT2D eigenvalue weighted by Crippen LogP contribution is 2.23. The molecule has 0 radical (unpaired) electrons. The van der Waals surface area contributed by atoms with E-state index in [1.165, 1.54) is 24.3 Å². The number of hydrogen-bond donors (Lipinski definition) is 1. The maximum absolute atomic E-state index is 12.4. The fourth-order valence-corrected chi connectivity index (χ4v) is 3.84. The Morgan fingerprint density at radius 1 is 1.30 bits per heavy atom. The van der Waals surface area contributed by atoms with Gasteiger partial charge < -0.3 is 4.74 Å². The van der Waals surface area contributed by atoms with Gasteiger partial charge in [-0.1, -0.05) is 12.1 Å². The van der Waals surface area contributed by atoms with Gasteiger partial charge in [0.1, 0.15) is 0 Å². The monoisotopic (exact) mass is 343 g/mol. The normalized spacial score (nSPS) is 17.1. The van der Waals surface area contributed by atoms with Crippen LogP contribution in [0.1, 0.15) is 13.8 Å². The summed E-state index contributed by atoms with van der Waals surface area (Å²) in [5.41, 5.74) is -0.843. The molecule has 23 heavy (non-hydrogen) atoms. The predicted molar refractivity (Wildman–Crippen MR) is 84.8 cm³/mol. The van der Waals surface area contributed by atoms with Gasteiger partial charge in [0, 0.05) is 31.2 Å². The molecule has 1 heterocycles. The minimum Gasteiger partial charge on any atom is -0.379 e. The summed E-state index contributed by atoms with van der Waals surface area (Å²) in [7, 11) is -3.96. The van der Waals surface area contributed by atoms with Crippen LogP contribution in [0.4, 0.5) is 5.69 Å². The highest BCUT2D eigenvalue weighted by atomic mass is 32.2. The van der Waals surface area contributed by atoms with Gasteiger partial charge in [0.25, 0.3) is 5.69 Å². The zero-order valence-corrected chi connectivity index (χ0v) is 14.0. The summed E-state index contributed by atoms with van der Waals surface area (Å²) in [6, 6.07) is 5.33. The lowest BCUT2D eigenvalue weighted by atomic mass is 10.0. The van der Waals surface area contributed by atoms with E-state index in [9.17, 15) is 18.5 Å². The fourth-order valence-electron chi connectivity index (χ4n) is 2.47. The molecule has 0 saturated carbocycles. The lowest BCUT2D eigenvalue weighted by Crippen LogP contribution is -2.55. The van der Waals surface area contributed by atoms with Crippen molar-refractivity contribution in [1.29, 1.82) is 0 Å². The van der Waals surface area contributed by atoms with E-state index in [4.69, 9.17) is 4.74 Å². The first kappa shape index (κ1) is 17.8. The fraction of sp³-hybridized carbons (Fsp3) is 0.571. The van der Waals surface area contributed by atoms with Crippen molar-refractivity contribution in [2.45, 2.75) is 24.3 Å². The van der Waals surface area contributed by atoms with Crippen LogP contribution in [0.25, 0.3) is 0 Å². The van der Waals surface area contributed by atoms with Crippen molar-refractivity contribution in [2.75, 3.05) is 32.8 Å². The van der Waals surface area contributed by atoms with Crippen molar-refractivity contribution in [3.8, 4) is 0 Å². The number of nitro benzene ring substituents is 1. The number of nitrogens with zero attached hydrogens (tertiary/aromatic N) is 2. The molecule has 1 aliphatic heterocycles. The number of nitrogens with one attached hydrogen (secondary N) is 1. The molecule has 9 heteroatoms. The van der Waals surface area contributed by atoms with Crippen molar-refractivity contribution >= 4 is 15.7 Å². The van der Waals surface area contributed by atoms with Gasteiger partial charge in [-0.2, -0.15) is 0 Å². The summed E-state index contributed by atoms with van der Waals surface area (Å²) < 4.78 is 32.6. The molecular formula is C14H21N3O5S. The zero-order valence-electron chi connectivity index (χ0n) is 13.2. The third-order valence-corrected chi connectivity index (χ3v) is 5.36. The second-order valence-corrected chi connectivity index (χ2v) is 7.70. The van der Waals surface area contributed by atoms with Crippen LogP contribution < -0.4 is 4.72 Å². The Morgan fingerprint density at radius 3 is 2.52 bits per heavy atom. The largest absolute Gasteiger partial charge is 0.379 e. The average Bonchev–Trinajstić information content (AvgIpc) is 2.54. The van der Waals surface area contributed by atoms with Gasteiger partial charge >= 0.3 is 0 Å². The van der Waals surface area contributed by atoms with Crippen molar-refractivity contribution < 1.29 is 18.1 Å². The van der Waals surface area contributed by atoms with Crippen LogP contribution in [0.15, 0.2) is 29.2 Å². The Morgan fingerprint density at radius 2 is 1.91 bits per heavy atom. The van der Waals surface area contributed by atoms with Gasteiger partial charge in [-0.15, -0.1) is 0 Å². The summed E-state index contributed by atoms with van der Waals surface area (Å²) in [6.07, 6.45) is 0. The van der Waals surface area contributed by atoms with Crippen LogP contribution in [0.2, 0.25) is 0 Å². The number of sulfonamides is 1. The van der Waals surface area contributed by atoms with E-state index < -0.39 is 26.2 Å². The van der Waals surface area contributed by atoms with Gasteiger partial charge in [0.2, 0.25) is 10.0 Å². The molecule has 1 fully saturated rings. The van der Waals surface area contributed by atoms with Crippen LogP contribution in [-0.2, 0) is 14.8 Å². The number of morpholine rings is 1. The van der Waals surface area contributed by atoms with E-state index in [0.717, 1.165) is 13.1 Å². The second kappa shape index (κ2) is 6.91. The molecule has 8 nitrogen and oxygen atoms in total. The van der Waals surface area contributed by atoms with Crippen molar-refractivity contribution in [1.82, 2.24) is 9.62 Å². The molecule has 0 atom stereocenters. The van der Waals surface area contributed by atoms with Crippen molar-refractivity contribution in [2.24, 2.45) is 0 Å². The SMILES string of the molecule is CC(C)(CNS(=O)(=O)c1ccccc1[N+](=O)[O-])N1CCOCC1. The summed E-state index contributed by atoms with van der Waals surface area (Å²) in [5.74, 6) is 0. The molecule has 1 aliphatic rings. The molecule has 1 aromatic carbocycles. The molecule has 0 aromatic heterocycles. The molecule has 0 unspecified atom stereocenters. The molecule has 1 aromatic rings. The minimum atomic E-state index is -3.96. The number of para-hydroxylation sites is 1.